The van der Waals surface area contributed by atoms with E-state index in [1.54, 1.807) is 25.1 Å². The monoisotopic (exact) mass is 494 g/mol. The average Bonchev–Trinajstić information content (AvgIpc) is 2.79. The Hall–Kier alpha value is -3.60. The Kier molecular flexibility index (Phi) is 7.45. The predicted octanol–water partition coefficient (Wildman–Crippen LogP) is 4.63. The summed E-state index contributed by atoms with van der Waals surface area (Å²) >= 11 is 0. The molecule has 1 aromatic heterocycles. The second kappa shape index (κ2) is 10.1. The molecule has 34 heavy (non-hydrogen) atoms. The van der Waals surface area contributed by atoms with Crippen molar-refractivity contribution < 1.29 is 35.9 Å². The van der Waals surface area contributed by atoms with Gasteiger partial charge in [0.05, 0.1) is 24.2 Å². The second-order valence-electron chi connectivity index (χ2n) is 7.07. The second-order valence-corrected chi connectivity index (χ2v) is 9.35. The minimum Gasteiger partial charge on any atom is -0.480 e. The van der Waals surface area contributed by atoms with Crippen LogP contribution in [0.2, 0.25) is 0 Å². The van der Waals surface area contributed by atoms with Gasteiger partial charge in [-0.3, -0.25) is 4.79 Å². The van der Waals surface area contributed by atoms with Gasteiger partial charge >= 0.3 is 6.36 Å². The van der Waals surface area contributed by atoms with Gasteiger partial charge in [-0.25, -0.2) is 8.42 Å². The Morgan fingerprint density at radius 2 is 1.68 bits per heavy atom. The average molecular weight is 494 g/mol. The molecule has 3 aromatic rings. The van der Waals surface area contributed by atoms with Crippen LogP contribution in [-0.4, -0.2) is 38.5 Å². The van der Waals surface area contributed by atoms with Gasteiger partial charge in [0.15, 0.2) is 9.84 Å². The molecule has 3 rings (SSSR count). The van der Waals surface area contributed by atoms with E-state index in [0.29, 0.717) is 5.56 Å². The molecule has 0 fully saturated rings. The molecule has 0 unspecified atom stereocenters. The van der Waals surface area contributed by atoms with Crippen molar-refractivity contribution in [2.75, 3.05) is 18.2 Å². The third-order valence-electron chi connectivity index (χ3n) is 4.75. The Bertz CT molecular complexity index is 1280. The molecular weight excluding hydrogens is 473 g/mol. The quantitative estimate of drug-likeness (QED) is 0.491. The summed E-state index contributed by atoms with van der Waals surface area (Å²) in [5.74, 6) is -0.742. The van der Waals surface area contributed by atoms with Crippen LogP contribution in [0.4, 0.5) is 19.0 Å². The summed E-state index contributed by atoms with van der Waals surface area (Å²) < 4.78 is 71.4. The van der Waals surface area contributed by atoms with Crippen LogP contribution in [0.15, 0.2) is 65.6 Å². The summed E-state index contributed by atoms with van der Waals surface area (Å²) in [5.41, 5.74) is 0.951. The number of carbonyl (C=O) groups excluding carboxylic acids is 1. The third kappa shape index (κ3) is 6.25. The fraction of sp³-hybridized carbons (Fsp3) is 0.217. The zero-order valence-electron chi connectivity index (χ0n) is 18.2. The van der Waals surface area contributed by atoms with Crippen molar-refractivity contribution in [3.05, 3.63) is 66.2 Å². The number of benzene rings is 2. The minimum atomic E-state index is -4.87. The highest BCUT2D eigenvalue weighted by Gasteiger charge is 2.32. The number of amides is 1. The first-order valence-corrected chi connectivity index (χ1v) is 11.7. The number of pyridine rings is 1. The van der Waals surface area contributed by atoms with Crippen molar-refractivity contribution in [1.82, 2.24) is 4.98 Å². The third-order valence-corrected chi connectivity index (χ3v) is 6.50. The van der Waals surface area contributed by atoms with Crippen LogP contribution >= 0.6 is 0 Å². The minimum absolute atomic E-state index is 0.00912. The van der Waals surface area contributed by atoms with E-state index in [-0.39, 0.29) is 39.9 Å². The van der Waals surface area contributed by atoms with Gasteiger partial charge in [0.1, 0.15) is 11.6 Å². The molecule has 1 heterocycles. The molecule has 0 bridgehead atoms. The maximum absolute atomic E-state index is 12.8. The molecule has 2 aromatic carbocycles. The van der Waals surface area contributed by atoms with Gasteiger partial charge in [-0.2, -0.15) is 4.98 Å². The molecule has 0 spiro atoms. The standard InChI is InChI=1S/C23H21F3N2O5S/c1-3-34(30,31)16-10-8-15(9-11-16)14-21(29)27-20-13-12-18(22(28-20)32-2)17-6-4-5-7-19(17)33-23(24,25)26/h4-13H,3,14H2,1-2H3,(H,27,28,29). The number of anilines is 1. The van der Waals surface area contributed by atoms with E-state index in [9.17, 15) is 26.4 Å². The fourth-order valence-corrected chi connectivity index (χ4v) is 4.01. The van der Waals surface area contributed by atoms with Crippen LogP contribution in [0.3, 0.4) is 0 Å². The van der Waals surface area contributed by atoms with Crippen molar-refractivity contribution >= 4 is 21.6 Å². The number of hydrogen-bond donors (Lipinski definition) is 1. The zero-order chi connectivity index (χ0) is 24.9. The number of rotatable bonds is 8. The predicted molar refractivity (Wildman–Crippen MR) is 119 cm³/mol. The van der Waals surface area contributed by atoms with Gasteiger partial charge in [0.2, 0.25) is 11.8 Å². The Balaban J connectivity index is 1.77. The van der Waals surface area contributed by atoms with Crippen LogP contribution in [-0.2, 0) is 21.1 Å². The topological polar surface area (TPSA) is 94.6 Å². The lowest BCUT2D eigenvalue weighted by molar-refractivity contribution is -0.274. The molecule has 11 heteroatoms. The molecule has 0 aliphatic rings. The van der Waals surface area contributed by atoms with Gasteiger partial charge < -0.3 is 14.8 Å². The van der Waals surface area contributed by atoms with E-state index in [1.165, 1.54) is 49.6 Å². The molecule has 0 saturated carbocycles. The fourth-order valence-electron chi connectivity index (χ4n) is 3.13. The molecule has 0 radical (unpaired) electrons. The van der Waals surface area contributed by atoms with Crippen molar-refractivity contribution in [1.29, 1.82) is 0 Å². The zero-order valence-corrected chi connectivity index (χ0v) is 19.0. The van der Waals surface area contributed by atoms with Gasteiger partial charge in [0.25, 0.3) is 0 Å². The number of methoxy groups -OCH3 is 1. The van der Waals surface area contributed by atoms with E-state index in [0.717, 1.165) is 0 Å². The molecular formula is C23H21F3N2O5S. The Morgan fingerprint density at radius 3 is 2.29 bits per heavy atom. The first-order chi connectivity index (χ1) is 16.0. The van der Waals surface area contributed by atoms with Crippen molar-refractivity contribution in [2.45, 2.75) is 24.6 Å². The highest BCUT2D eigenvalue weighted by atomic mass is 32.2. The normalized spacial score (nSPS) is 11.7. The number of para-hydroxylation sites is 1. The number of halogens is 3. The molecule has 1 N–H and O–H groups in total. The summed E-state index contributed by atoms with van der Waals surface area (Å²) in [6.07, 6.45) is -4.91. The SMILES string of the molecule is CCS(=O)(=O)c1ccc(CC(=O)Nc2ccc(-c3ccccc3OC(F)(F)F)c(OC)n2)cc1. The molecule has 0 saturated heterocycles. The number of alkyl halides is 3. The molecule has 0 aliphatic heterocycles. The number of ether oxygens (including phenoxy) is 2. The van der Waals surface area contributed by atoms with Crippen LogP contribution in [0.25, 0.3) is 11.1 Å². The van der Waals surface area contributed by atoms with E-state index in [2.05, 4.69) is 15.0 Å². The van der Waals surface area contributed by atoms with Crippen LogP contribution in [0, 0.1) is 0 Å². The van der Waals surface area contributed by atoms with Crippen LogP contribution < -0.4 is 14.8 Å². The maximum atomic E-state index is 12.8. The van der Waals surface area contributed by atoms with E-state index in [4.69, 9.17) is 4.74 Å². The lowest BCUT2D eigenvalue weighted by atomic mass is 10.1. The van der Waals surface area contributed by atoms with E-state index >= 15 is 0 Å². The number of hydrogen-bond acceptors (Lipinski definition) is 6. The number of nitrogens with one attached hydrogen (secondary N) is 1. The highest BCUT2D eigenvalue weighted by molar-refractivity contribution is 7.91. The summed E-state index contributed by atoms with van der Waals surface area (Å²) in [4.78, 5) is 16.8. The smallest absolute Gasteiger partial charge is 0.480 e. The highest BCUT2D eigenvalue weighted by Crippen LogP contribution is 2.38. The molecule has 7 nitrogen and oxygen atoms in total. The summed E-state index contributed by atoms with van der Waals surface area (Å²) in [6.45, 7) is 1.55. The summed E-state index contributed by atoms with van der Waals surface area (Å²) in [7, 11) is -2.03. The van der Waals surface area contributed by atoms with Gasteiger partial charge in [-0.15, -0.1) is 13.2 Å². The largest absolute Gasteiger partial charge is 0.573 e. The van der Waals surface area contributed by atoms with E-state index < -0.39 is 27.9 Å². The first-order valence-electron chi connectivity index (χ1n) is 10.0. The molecule has 1 amide bonds. The number of sulfone groups is 1. The first kappa shape index (κ1) is 25.0. The molecule has 180 valence electrons. The van der Waals surface area contributed by atoms with Crippen LogP contribution in [0.5, 0.6) is 11.6 Å². The van der Waals surface area contributed by atoms with Crippen molar-refractivity contribution in [3.8, 4) is 22.8 Å². The van der Waals surface area contributed by atoms with Gasteiger partial charge in [-0.05, 0) is 35.9 Å². The van der Waals surface area contributed by atoms with Crippen molar-refractivity contribution in [2.24, 2.45) is 0 Å². The molecule has 0 atom stereocenters. The Morgan fingerprint density at radius 1 is 1.00 bits per heavy atom. The number of carbonyl (C=O) groups is 1. The van der Waals surface area contributed by atoms with Crippen LogP contribution in [0.1, 0.15) is 12.5 Å². The number of aromatic nitrogens is 1. The van der Waals surface area contributed by atoms with Gasteiger partial charge in [-0.1, -0.05) is 37.3 Å². The van der Waals surface area contributed by atoms with Crippen molar-refractivity contribution in [3.63, 3.8) is 0 Å². The lowest BCUT2D eigenvalue weighted by Crippen LogP contribution is -2.17. The Labute approximate surface area is 194 Å². The number of nitrogens with zero attached hydrogens (tertiary/aromatic N) is 1. The maximum Gasteiger partial charge on any atom is 0.573 e. The van der Waals surface area contributed by atoms with E-state index in [1.807, 2.05) is 0 Å². The molecule has 0 aliphatic carbocycles. The lowest BCUT2D eigenvalue weighted by Gasteiger charge is -2.15. The van der Waals surface area contributed by atoms with Gasteiger partial charge in [0, 0.05) is 11.1 Å². The summed E-state index contributed by atoms with van der Waals surface area (Å²) in [5, 5.41) is 2.59. The summed E-state index contributed by atoms with van der Waals surface area (Å²) in [6, 6.07) is 14.4.